The van der Waals surface area contributed by atoms with Crippen molar-refractivity contribution in [2.75, 3.05) is 5.32 Å². The molecule has 0 spiro atoms. The summed E-state index contributed by atoms with van der Waals surface area (Å²) in [6.45, 7) is 0.547. The molecule has 1 atom stereocenters. The van der Waals surface area contributed by atoms with Crippen molar-refractivity contribution in [3.63, 3.8) is 0 Å². The Kier molecular flexibility index (Phi) is 6.20. The fourth-order valence-electron chi connectivity index (χ4n) is 2.11. The van der Waals surface area contributed by atoms with Crippen LogP contribution in [0.5, 0.6) is 0 Å². The van der Waals surface area contributed by atoms with Gasteiger partial charge in [0.1, 0.15) is 22.3 Å². The van der Waals surface area contributed by atoms with Crippen LogP contribution in [0.15, 0.2) is 17.3 Å². The number of aromatic nitrogens is 2. The van der Waals surface area contributed by atoms with Crippen LogP contribution in [0, 0.1) is 17.6 Å². The number of carbonyl (C=O) groups excluding carboxylic acids is 1. The van der Waals surface area contributed by atoms with Gasteiger partial charge in [0.05, 0.1) is 11.2 Å². The van der Waals surface area contributed by atoms with Crippen LogP contribution in [0.2, 0.25) is 5.02 Å². The van der Waals surface area contributed by atoms with Crippen LogP contribution in [0.25, 0.3) is 0 Å². The summed E-state index contributed by atoms with van der Waals surface area (Å²) in [5.74, 6) is -6.33. The van der Waals surface area contributed by atoms with Crippen LogP contribution in [0.1, 0.15) is 17.4 Å². The first-order valence-electron chi connectivity index (χ1n) is 7.41. The summed E-state index contributed by atoms with van der Waals surface area (Å²) in [6, 6.07) is -2.47. The zero-order valence-corrected chi connectivity index (χ0v) is 16.0. The highest BCUT2D eigenvalue weighted by atomic mass is 35.5. The van der Waals surface area contributed by atoms with Gasteiger partial charge in [-0.2, -0.15) is 26.7 Å². The van der Waals surface area contributed by atoms with E-state index >= 15 is 0 Å². The summed E-state index contributed by atoms with van der Waals surface area (Å²) in [4.78, 5) is 14.2. The zero-order chi connectivity index (χ0) is 22.3. The standard InChI is InChI=1S/C14H11ClF6N4O3S/c1-5(14(19,20)21)24-29(27,28)7-4-25(2)11(8(7)15)13(26)23-10-6(16)3-22-12(18)9(10)17/h3-5,24H,1-2H3,(H,22,23,26)/t5-/m1/s1. The third kappa shape index (κ3) is 4.64. The van der Waals surface area contributed by atoms with E-state index < -0.39 is 67.0 Å². The lowest BCUT2D eigenvalue weighted by Crippen LogP contribution is -2.42. The average Bonchev–Trinajstić information content (AvgIpc) is 2.89. The van der Waals surface area contributed by atoms with E-state index in [1.54, 1.807) is 5.32 Å². The predicted molar refractivity (Wildman–Crippen MR) is 88.3 cm³/mol. The third-order valence-electron chi connectivity index (χ3n) is 3.58. The van der Waals surface area contributed by atoms with Gasteiger partial charge in [-0.15, -0.1) is 0 Å². The number of carbonyl (C=O) groups is 1. The van der Waals surface area contributed by atoms with E-state index in [1.807, 2.05) is 0 Å². The molecule has 2 rings (SSSR count). The van der Waals surface area contributed by atoms with Gasteiger partial charge in [-0.25, -0.2) is 17.8 Å². The number of halogens is 7. The maximum absolute atomic E-state index is 13.6. The summed E-state index contributed by atoms with van der Waals surface area (Å²) in [7, 11) is -3.72. The van der Waals surface area contributed by atoms with Crippen LogP contribution in [-0.2, 0) is 17.1 Å². The van der Waals surface area contributed by atoms with Crippen LogP contribution < -0.4 is 10.0 Å². The Balaban J connectivity index is 2.42. The summed E-state index contributed by atoms with van der Waals surface area (Å²) < 4.78 is 105. The van der Waals surface area contributed by atoms with E-state index in [-0.39, 0.29) is 0 Å². The van der Waals surface area contributed by atoms with E-state index in [0.717, 1.165) is 17.8 Å². The van der Waals surface area contributed by atoms with Crippen LogP contribution >= 0.6 is 11.6 Å². The highest BCUT2D eigenvalue weighted by molar-refractivity contribution is 7.89. The number of hydrogen-bond donors (Lipinski definition) is 2. The smallest absolute Gasteiger partial charge is 0.344 e. The lowest BCUT2D eigenvalue weighted by atomic mass is 10.3. The predicted octanol–water partition coefficient (Wildman–Crippen LogP) is 2.97. The van der Waals surface area contributed by atoms with E-state index in [9.17, 15) is 39.6 Å². The van der Waals surface area contributed by atoms with Crippen molar-refractivity contribution in [3.05, 3.63) is 40.7 Å². The fraction of sp³-hybridized carbons (Fsp3) is 0.286. The molecule has 15 heteroatoms. The number of alkyl halides is 3. The van der Waals surface area contributed by atoms with Gasteiger partial charge in [0.15, 0.2) is 5.82 Å². The third-order valence-corrected chi connectivity index (χ3v) is 5.63. The number of rotatable bonds is 5. The lowest BCUT2D eigenvalue weighted by Gasteiger charge is -2.16. The molecule has 0 aromatic carbocycles. The molecule has 2 aromatic rings. The van der Waals surface area contributed by atoms with Crippen LogP contribution in [0.4, 0.5) is 32.0 Å². The Morgan fingerprint density at radius 1 is 1.28 bits per heavy atom. The van der Waals surface area contributed by atoms with Gasteiger partial charge in [-0.05, 0) is 6.92 Å². The number of sulfonamides is 1. The van der Waals surface area contributed by atoms with E-state index in [0.29, 0.717) is 13.1 Å². The minimum Gasteiger partial charge on any atom is -0.344 e. The molecule has 2 N–H and O–H groups in total. The molecule has 0 aliphatic heterocycles. The summed E-state index contributed by atoms with van der Waals surface area (Å²) in [5.41, 5.74) is -1.88. The highest BCUT2D eigenvalue weighted by Gasteiger charge is 2.40. The molecule has 2 heterocycles. The van der Waals surface area contributed by atoms with Gasteiger partial charge in [0.25, 0.3) is 11.9 Å². The summed E-state index contributed by atoms with van der Waals surface area (Å²) >= 11 is 5.83. The second kappa shape index (κ2) is 7.84. The Labute approximate surface area is 164 Å². The first-order valence-corrected chi connectivity index (χ1v) is 9.27. The Hall–Kier alpha value is -2.32. The minimum absolute atomic E-state index is 0.291. The molecule has 0 aliphatic carbocycles. The molecule has 29 heavy (non-hydrogen) atoms. The van der Waals surface area contributed by atoms with E-state index in [4.69, 9.17) is 11.6 Å². The van der Waals surface area contributed by atoms with E-state index in [1.165, 1.54) is 4.72 Å². The molecule has 0 fully saturated rings. The molecular formula is C14H11ClF6N4O3S. The van der Waals surface area contributed by atoms with Crippen molar-refractivity contribution >= 4 is 33.2 Å². The Bertz CT molecular complexity index is 1070. The second-order valence-corrected chi connectivity index (χ2v) is 7.75. The normalized spacial score (nSPS) is 13.4. The number of pyridine rings is 1. The maximum Gasteiger partial charge on any atom is 0.404 e. The molecule has 160 valence electrons. The number of aryl methyl sites for hydroxylation is 1. The van der Waals surface area contributed by atoms with Crippen molar-refractivity contribution in [1.82, 2.24) is 14.3 Å². The number of amides is 1. The van der Waals surface area contributed by atoms with Crippen molar-refractivity contribution in [3.8, 4) is 0 Å². The molecule has 7 nitrogen and oxygen atoms in total. The first-order chi connectivity index (χ1) is 13.2. The monoisotopic (exact) mass is 464 g/mol. The van der Waals surface area contributed by atoms with Gasteiger partial charge >= 0.3 is 6.18 Å². The largest absolute Gasteiger partial charge is 0.404 e. The minimum atomic E-state index is -4.89. The van der Waals surface area contributed by atoms with Crippen molar-refractivity contribution in [2.45, 2.75) is 24.0 Å². The van der Waals surface area contributed by atoms with Crippen molar-refractivity contribution in [1.29, 1.82) is 0 Å². The Morgan fingerprint density at radius 3 is 2.41 bits per heavy atom. The van der Waals surface area contributed by atoms with Crippen molar-refractivity contribution < 1.29 is 39.6 Å². The number of nitrogens with one attached hydrogen (secondary N) is 2. The van der Waals surface area contributed by atoms with Gasteiger partial charge < -0.3 is 9.88 Å². The van der Waals surface area contributed by atoms with Gasteiger partial charge in [-0.1, -0.05) is 11.6 Å². The molecule has 0 aliphatic rings. The van der Waals surface area contributed by atoms with Gasteiger partial charge in [0, 0.05) is 13.2 Å². The summed E-state index contributed by atoms with van der Waals surface area (Å²) in [5, 5.41) is 0.860. The van der Waals surface area contributed by atoms with Crippen LogP contribution in [0.3, 0.4) is 0 Å². The molecule has 1 amide bonds. The zero-order valence-electron chi connectivity index (χ0n) is 14.4. The second-order valence-electron chi connectivity index (χ2n) is 5.69. The van der Waals surface area contributed by atoms with E-state index in [2.05, 4.69) is 4.98 Å². The Morgan fingerprint density at radius 2 is 1.86 bits per heavy atom. The topological polar surface area (TPSA) is 93.1 Å². The molecule has 0 saturated heterocycles. The average molecular weight is 465 g/mol. The summed E-state index contributed by atoms with van der Waals surface area (Å²) in [6.07, 6.45) is -3.88. The molecule has 0 bridgehead atoms. The molecule has 0 saturated carbocycles. The quantitative estimate of drug-likeness (QED) is 0.525. The molecule has 0 radical (unpaired) electrons. The number of hydrogen-bond acceptors (Lipinski definition) is 4. The fourth-order valence-corrected chi connectivity index (χ4v) is 4.04. The number of nitrogens with zero attached hydrogens (tertiary/aromatic N) is 2. The SMILES string of the molecule is C[C@@H](NS(=O)(=O)c1cn(C)c(C(=O)Nc2c(F)cnc(F)c2F)c1Cl)C(F)(F)F. The van der Waals surface area contributed by atoms with Crippen molar-refractivity contribution in [2.24, 2.45) is 7.05 Å². The maximum atomic E-state index is 13.6. The molecule has 0 unspecified atom stereocenters. The molecular weight excluding hydrogens is 454 g/mol. The van der Waals surface area contributed by atoms with Crippen LogP contribution in [-0.4, -0.2) is 36.1 Å². The first kappa shape index (κ1) is 23.0. The van der Waals surface area contributed by atoms with Gasteiger partial charge in [0.2, 0.25) is 15.8 Å². The molecule has 2 aromatic heterocycles. The lowest BCUT2D eigenvalue weighted by molar-refractivity contribution is -0.147. The number of anilines is 1. The highest BCUT2D eigenvalue weighted by Crippen LogP contribution is 2.30. The van der Waals surface area contributed by atoms with Gasteiger partial charge in [-0.3, -0.25) is 4.79 Å².